The number of hydrogen-bond acceptors (Lipinski definition) is 6. The van der Waals surface area contributed by atoms with Crippen molar-refractivity contribution < 1.29 is 23.6 Å². The van der Waals surface area contributed by atoms with Gasteiger partial charge in [0.25, 0.3) is 0 Å². The number of nitrogens with zero attached hydrogens (tertiary/aromatic N) is 1. The van der Waals surface area contributed by atoms with Gasteiger partial charge in [-0.15, -0.1) is 0 Å². The minimum Gasteiger partial charge on any atom is -0.474 e. The van der Waals surface area contributed by atoms with Crippen molar-refractivity contribution in [2.75, 3.05) is 12.3 Å². The van der Waals surface area contributed by atoms with Crippen LogP contribution in [-0.2, 0) is 9.53 Å². The van der Waals surface area contributed by atoms with Crippen LogP contribution < -0.4 is 10.5 Å². The molecule has 0 fully saturated rings. The third-order valence-corrected chi connectivity index (χ3v) is 2.87. The van der Waals surface area contributed by atoms with Gasteiger partial charge in [-0.05, 0) is 31.2 Å². The fourth-order valence-electron chi connectivity index (χ4n) is 1.94. The molecule has 0 saturated heterocycles. The molecule has 2 rings (SSSR count). The maximum absolute atomic E-state index is 13.7. The molecule has 0 saturated carbocycles. The Balaban J connectivity index is 2.46. The number of ether oxygens (including phenoxy) is 2. The van der Waals surface area contributed by atoms with Crippen LogP contribution in [0, 0.1) is 10.1 Å². The van der Waals surface area contributed by atoms with E-state index < -0.39 is 23.3 Å². The topological polar surface area (TPSA) is 105 Å². The Kier molecular flexibility index (Phi) is 4.06. The fraction of sp³-hybridized carbons (Fsp3) is 0.308. The number of alkyl halides is 1. The number of halogens is 1. The number of benzene rings is 1. The summed E-state index contributed by atoms with van der Waals surface area (Å²) in [5.41, 5.74) is 6.22. The fourth-order valence-corrected chi connectivity index (χ4v) is 1.94. The standard InChI is InChI=1S/C13H13FN2O5/c1-2-20-13(17)9-6-7-5-8(15)3-4-10(7)21-11(9)12(14)16(18)19/h3-6,11-12H,2,15H2,1H3. The lowest BCUT2D eigenvalue weighted by molar-refractivity contribution is -0.561. The molecule has 1 aromatic rings. The molecule has 7 nitrogen and oxygen atoms in total. The average molecular weight is 296 g/mol. The molecule has 2 N–H and O–H groups in total. The molecule has 0 spiro atoms. The highest BCUT2D eigenvalue weighted by molar-refractivity contribution is 5.96. The molecule has 0 amide bonds. The molecule has 1 aromatic carbocycles. The highest BCUT2D eigenvalue weighted by Crippen LogP contribution is 2.33. The number of nitrogen functional groups attached to an aromatic ring is 1. The van der Waals surface area contributed by atoms with Crippen LogP contribution in [0.15, 0.2) is 23.8 Å². The number of nitrogens with two attached hydrogens (primary N) is 1. The van der Waals surface area contributed by atoms with E-state index in [0.29, 0.717) is 11.3 Å². The number of rotatable bonds is 4. The number of esters is 1. The lowest BCUT2D eigenvalue weighted by Crippen LogP contribution is -2.40. The Hall–Kier alpha value is -2.64. The van der Waals surface area contributed by atoms with E-state index in [-0.39, 0.29) is 17.9 Å². The van der Waals surface area contributed by atoms with Gasteiger partial charge in [-0.1, -0.05) is 0 Å². The van der Waals surface area contributed by atoms with Gasteiger partial charge in [0.05, 0.1) is 17.1 Å². The molecule has 8 heteroatoms. The second-order valence-electron chi connectivity index (χ2n) is 4.31. The monoisotopic (exact) mass is 296 g/mol. The first-order valence-electron chi connectivity index (χ1n) is 6.16. The first-order chi connectivity index (χ1) is 9.93. The molecule has 0 radical (unpaired) electrons. The highest BCUT2D eigenvalue weighted by Gasteiger charge is 2.42. The Labute approximate surface area is 119 Å². The van der Waals surface area contributed by atoms with Crippen LogP contribution in [0.25, 0.3) is 6.08 Å². The van der Waals surface area contributed by atoms with Gasteiger partial charge in [0.1, 0.15) is 5.75 Å². The van der Waals surface area contributed by atoms with E-state index in [1.54, 1.807) is 6.92 Å². The molecule has 21 heavy (non-hydrogen) atoms. The van der Waals surface area contributed by atoms with Crippen molar-refractivity contribution in [1.29, 1.82) is 0 Å². The molecule has 0 aromatic heterocycles. The smallest absolute Gasteiger partial charge is 0.389 e. The molecule has 1 heterocycles. The summed E-state index contributed by atoms with van der Waals surface area (Å²) in [6.45, 7) is 1.63. The Bertz CT molecular complexity index is 617. The van der Waals surface area contributed by atoms with E-state index in [2.05, 4.69) is 0 Å². The summed E-state index contributed by atoms with van der Waals surface area (Å²) in [6.07, 6.45) is -2.94. The van der Waals surface area contributed by atoms with Crippen molar-refractivity contribution in [3.63, 3.8) is 0 Å². The minimum absolute atomic E-state index is 0.0576. The van der Waals surface area contributed by atoms with Crippen LogP contribution in [0.1, 0.15) is 12.5 Å². The summed E-state index contributed by atoms with van der Waals surface area (Å²) in [5, 5.41) is 10.6. The molecule has 0 aliphatic carbocycles. The maximum atomic E-state index is 13.7. The third kappa shape index (κ3) is 2.93. The SMILES string of the molecule is CCOC(=O)C1=Cc2cc(N)ccc2OC1C(F)[N+](=O)[O-]. The average Bonchev–Trinajstić information content (AvgIpc) is 2.45. The van der Waals surface area contributed by atoms with Crippen LogP contribution in [0.2, 0.25) is 0 Å². The molecular formula is C13H13FN2O5. The minimum atomic E-state index is -2.58. The first-order valence-corrected chi connectivity index (χ1v) is 6.16. The lowest BCUT2D eigenvalue weighted by Gasteiger charge is -2.25. The Morgan fingerprint density at radius 2 is 2.33 bits per heavy atom. The summed E-state index contributed by atoms with van der Waals surface area (Å²) < 4.78 is 23.8. The number of carbonyl (C=O) groups excluding carboxylic acids is 1. The highest BCUT2D eigenvalue weighted by atomic mass is 19.1. The van der Waals surface area contributed by atoms with Crippen molar-refractivity contribution in [2.24, 2.45) is 0 Å². The van der Waals surface area contributed by atoms with Crippen molar-refractivity contribution in [2.45, 2.75) is 19.3 Å². The van der Waals surface area contributed by atoms with Gasteiger partial charge >= 0.3 is 12.3 Å². The quantitative estimate of drug-likeness (QED) is 0.297. The number of nitro groups is 1. The number of anilines is 1. The van der Waals surface area contributed by atoms with Crippen LogP contribution in [0.3, 0.4) is 0 Å². The van der Waals surface area contributed by atoms with Crippen LogP contribution >= 0.6 is 0 Å². The Morgan fingerprint density at radius 3 is 2.95 bits per heavy atom. The Morgan fingerprint density at radius 1 is 1.62 bits per heavy atom. The van der Waals surface area contributed by atoms with Crippen LogP contribution in [0.4, 0.5) is 10.1 Å². The van der Waals surface area contributed by atoms with Crippen molar-refractivity contribution >= 4 is 17.7 Å². The zero-order valence-corrected chi connectivity index (χ0v) is 11.1. The van der Waals surface area contributed by atoms with E-state index >= 15 is 0 Å². The summed E-state index contributed by atoms with van der Waals surface area (Å²) in [4.78, 5) is 21.3. The number of fused-ring (bicyclic) bond motifs is 1. The predicted molar refractivity (Wildman–Crippen MR) is 71.8 cm³/mol. The molecular weight excluding hydrogens is 283 g/mol. The molecule has 1 aliphatic rings. The molecule has 0 bridgehead atoms. The zero-order chi connectivity index (χ0) is 15.6. The van der Waals surface area contributed by atoms with E-state index in [9.17, 15) is 19.3 Å². The first kappa shape index (κ1) is 14.8. The number of hydrogen-bond donors (Lipinski definition) is 1. The van der Waals surface area contributed by atoms with Gasteiger partial charge in [0.2, 0.25) is 6.10 Å². The predicted octanol–water partition coefficient (Wildman–Crippen LogP) is 1.55. The van der Waals surface area contributed by atoms with Gasteiger partial charge < -0.3 is 15.2 Å². The molecule has 2 unspecified atom stereocenters. The third-order valence-electron chi connectivity index (χ3n) is 2.87. The van der Waals surface area contributed by atoms with Crippen molar-refractivity contribution in [3.05, 3.63) is 39.4 Å². The zero-order valence-electron chi connectivity index (χ0n) is 11.1. The van der Waals surface area contributed by atoms with E-state index in [1.807, 2.05) is 0 Å². The number of carbonyl (C=O) groups is 1. The maximum Gasteiger partial charge on any atom is 0.389 e. The van der Waals surface area contributed by atoms with Gasteiger partial charge in [-0.2, -0.15) is 4.39 Å². The van der Waals surface area contributed by atoms with Gasteiger partial charge in [0, 0.05) is 11.3 Å². The van der Waals surface area contributed by atoms with E-state index in [1.165, 1.54) is 24.3 Å². The summed E-state index contributed by atoms with van der Waals surface area (Å²) in [5.74, 6) is -0.646. The summed E-state index contributed by atoms with van der Waals surface area (Å²) in [7, 11) is 0. The largest absolute Gasteiger partial charge is 0.474 e. The second-order valence-corrected chi connectivity index (χ2v) is 4.31. The van der Waals surface area contributed by atoms with E-state index in [4.69, 9.17) is 15.2 Å². The van der Waals surface area contributed by atoms with Crippen LogP contribution in [-0.4, -0.2) is 29.9 Å². The van der Waals surface area contributed by atoms with E-state index in [0.717, 1.165) is 0 Å². The lowest BCUT2D eigenvalue weighted by atomic mass is 10.0. The molecule has 1 aliphatic heterocycles. The second kappa shape index (κ2) is 5.78. The van der Waals surface area contributed by atoms with Crippen LogP contribution in [0.5, 0.6) is 5.75 Å². The van der Waals surface area contributed by atoms with Gasteiger partial charge in [0.15, 0.2) is 0 Å². The van der Waals surface area contributed by atoms with Gasteiger partial charge in [-0.25, -0.2) is 4.79 Å². The summed E-state index contributed by atoms with van der Waals surface area (Å²) in [6, 6.07) is 4.49. The normalized spacial score (nSPS) is 18.0. The molecule has 2 atom stereocenters. The van der Waals surface area contributed by atoms with Crippen molar-refractivity contribution in [3.8, 4) is 5.75 Å². The van der Waals surface area contributed by atoms with Gasteiger partial charge in [-0.3, -0.25) is 10.1 Å². The molecule has 112 valence electrons. The van der Waals surface area contributed by atoms with Crippen molar-refractivity contribution in [1.82, 2.24) is 0 Å². The summed E-state index contributed by atoms with van der Waals surface area (Å²) >= 11 is 0.